The number of hydrogen-bond acceptors (Lipinski definition) is 2. The van der Waals surface area contributed by atoms with Crippen LogP contribution < -0.4 is 0 Å². The van der Waals surface area contributed by atoms with E-state index in [1.54, 1.807) is 11.8 Å². The van der Waals surface area contributed by atoms with Crippen LogP contribution in [0.3, 0.4) is 0 Å². The average molecular weight is 215 g/mol. The van der Waals surface area contributed by atoms with Gasteiger partial charge in [0.05, 0.1) is 5.75 Å². The molecule has 0 bridgehead atoms. The van der Waals surface area contributed by atoms with E-state index in [2.05, 4.69) is 13.8 Å². The van der Waals surface area contributed by atoms with Gasteiger partial charge in [-0.05, 0) is 30.9 Å². The number of hydrogen-bond donors (Lipinski definition) is 0. The zero-order valence-corrected chi connectivity index (χ0v) is 10.1. The van der Waals surface area contributed by atoms with Gasteiger partial charge in [-0.3, -0.25) is 4.79 Å². The molecular formula is C11H21NOS. The van der Waals surface area contributed by atoms with Crippen LogP contribution in [0.1, 0.15) is 33.1 Å². The van der Waals surface area contributed by atoms with Gasteiger partial charge in [-0.15, -0.1) is 0 Å². The standard InChI is InChI=1S/C11H21NOS/c1-3-7-14-9-11(13)12-6-4-5-10(2)8-12/h10H,3-9H2,1-2H3/t10-/m0/s1. The Bertz CT molecular complexity index is 184. The molecule has 1 atom stereocenters. The molecule has 1 fully saturated rings. The Balaban J connectivity index is 2.22. The van der Waals surface area contributed by atoms with Gasteiger partial charge in [0.1, 0.15) is 0 Å². The van der Waals surface area contributed by atoms with E-state index in [-0.39, 0.29) is 0 Å². The molecule has 0 N–H and O–H groups in total. The van der Waals surface area contributed by atoms with Gasteiger partial charge in [0.2, 0.25) is 5.91 Å². The molecule has 1 rings (SSSR count). The van der Waals surface area contributed by atoms with E-state index in [0.29, 0.717) is 17.6 Å². The van der Waals surface area contributed by atoms with Crippen LogP contribution in [-0.2, 0) is 4.79 Å². The third-order valence-corrected chi connectivity index (χ3v) is 3.73. The Morgan fingerprint density at radius 1 is 1.57 bits per heavy atom. The quantitative estimate of drug-likeness (QED) is 0.671. The fourth-order valence-corrected chi connectivity index (χ4v) is 2.60. The van der Waals surface area contributed by atoms with Crippen LogP contribution in [-0.4, -0.2) is 35.4 Å². The van der Waals surface area contributed by atoms with Gasteiger partial charge in [-0.2, -0.15) is 11.8 Å². The summed E-state index contributed by atoms with van der Waals surface area (Å²) in [6, 6.07) is 0. The highest BCUT2D eigenvalue weighted by atomic mass is 32.2. The van der Waals surface area contributed by atoms with Crippen molar-refractivity contribution in [1.29, 1.82) is 0 Å². The van der Waals surface area contributed by atoms with Gasteiger partial charge in [-0.25, -0.2) is 0 Å². The van der Waals surface area contributed by atoms with Crippen molar-refractivity contribution in [3.05, 3.63) is 0 Å². The molecular weight excluding hydrogens is 194 g/mol. The predicted molar refractivity (Wildman–Crippen MR) is 62.6 cm³/mol. The monoisotopic (exact) mass is 215 g/mol. The van der Waals surface area contributed by atoms with Crippen molar-refractivity contribution in [2.24, 2.45) is 5.92 Å². The average Bonchev–Trinajstić information content (AvgIpc) is 2.18. The minimum Gasteiger partial charge on any atom is -0.342 e. The molecule has 0 saturated carbocycles. The smallest absolute Gasteiger partial charge is 0.232 e. The van der Waals surface area contributed by atoms with Gasteiger partial charge in [0.25, 0.3) is 0 Å². The van der Waals surface area contributed by atoms with Gasteiger partial charge < -0.3 is 4.90 Å². The van der Waals surface area contributed by atoms with E-state index in [1.807, 2.05) is 4.90 Å². The predicted octanol–water partition coefficient (Wildman–Crippen LogP) is 2.39. The second-order valence-corrected chi connectivity index (χ2v) is 5.24. The number of thioether (sulfide) groups is 1. The van der Waals surface area contributed by atoms with Crippen molar-refractivity contribution in [3.63, 3.8) is 0 Å². The van der Waals surface area contributed by atoms with E-state index < -0.39 is 0 Å². The number of likely N-dealkylation sites (tertiary alicyclic amines) is 1. The maximum absolute atomic E-state index is 11.7. The maximum atomic E-state index is 11.7. The topological polar surface area (TPSA) is 20.3 Å². The van der Waals surface area contributed by atoms with E-state index in [4.69, 9.17) is 0 Å². The number of carbonyl (C=O) groups is 1. The summed E-state index contributed by atoms with van der Waals surface area (Å²) in [5, 5.41) is 0. The van der Waals surface area contributed by atoms with E-state index in [0.717, 1.165) is 25.3 Å². The Labute approximate surface area is 91.4 Å². The maximum Gasteiger partial charge on any atom is 0.232 e. The first kappa shape index (κ1) is 11.9. The summed E-state index contributed by atoms with van der Waals surface area (Å²) < 4.78 is 0. The normalized spacial score (nSPS) is 22.4. The molecule has 1 saturated heterocycles. The van der Waals surface area contributed by atoms with Crippen LogP contribution in [0, 0.1) is 5.92 Å². The zero-order chi connectivity index (χ0) is 10.4. The summed E-state index contributed by atoms with van der Waals surface area (Å²) in [6.07, 6.45) is 3.63. The van der Waals surface area contributed by atoms with Gasteiger partial charge in [-0.1, -0.05) is 13.8 Å². The fourth-order valence-electron chi connectivity index (χ4n) is 1.81. The lowest BCUT2D eigenvalue weighted by atomic mass is 10.0. The lowest BCUT2D eigenvalue weighted by Crippen LogP contribution is -2.40. The van der Waals surface area contributed by atoms with Crippen molar-refractivity contribution in [3.8, 4) is 0 Å². The molecule has 0 unspecified atom stereocenters. The first-order valence-corrected chi connectivity index (χ1v) is 6.75. The number of amides is 1. The van der Waals surface area contributed by atoms with Crippen LogP contribution in [0.5, 0.6) is 0 Å². The lowest BCUT2D eigenvalue weighted by molar-refractivity contribution is -0.130. The van der Waals surface area contributed by atoms with Crippen LogP contribution in [0.15, 0.2) is 0 Å². The summed E-state index contributed by atoms with van der Waals surface area (Å²) in [7, 11) is 0. The molecule has 0 radical (unpaired) electrons. The number of piperidine rings is 1. The van der Waals surface area contributed by atoms with Crippen molar-refractivity contribution in [1.82, 2.24) is 4.90 Å². The van der Waals surface area contributed by atoms with E-state index in [9.17, 15) is 4.79 Å². The largest absolute Gasteiger partial charge is 0.342 e. The second kappa shape index (κ2) is 6.33. The molecule has 2 nitrogen and oxygen atoms in total. The Morgan fingerprint density at radius 2 is 2.36 bits per heavy atom. The molecule has 0 aliphatic carbocycles. The molecule has 82 valence electrons. The molecule has 1 heterocycles. The van der Waals surface area contributed by atoms with Crippen molar-refractivity contribution in [2.75, 3.05) is 24.6 Å². The highest BCUT2D eigenvalue weighted by Gasteiger charge is 2.20. The fraction of sp³-hybridized carbons (Fsp3) is 0.909. The Kier molecular flexibility index (Phi) is 5.38. The van der Waals surface area contributed by atoms with Crippen molar-refractivity contribution >= 4 is 17.7 Å². The SMILES string of the molecule is CCCSCC(=O)N1CCC[C@H](C)C1. The summed E-state index contributed by atoms with van der Waals surface area (Å²) >= 11 is 1.77. The highest BCUT2D eigenvalue weighted by Crippen LogP contribution is 2.16. The molecule has 1 aliphatic heterocycles. The van der Waals surface area contributed by atoms with Gasteiger partial charge in [0.15, 0.2) is 0 Å². The molecule has 1 aliphatic rings. The van der Waals surface area contributed by atoms with Crippen LogP contribution in [0.4, 0.5) is 0 Å². The summed E-state index contributed by atoms with van der Waals surface area (Å²) in [5.74, 6) is 2.83. The van der Waals surface area contributed by atoms with E-state index in [1.165, 1.54) is 12.8 Å². The van der Waals surface area contributed by atoms with Gasteiger partial charge in [0, 0.05) is 13.1 Å². The zero-order valence-electron chi connectivity index (χ0n) is 9.29. The Hall–Kier alpha value is -0.180. The summed E-state index contributed by atoms with van der Waals surface area (Å²) in [4.78, 5) is 13.8. The number of carbonyl (C=O) groups excluding carboxylic acids is 1. The van der Waals surface area contributed by atoms with E-state index >= 15 is 0 Å². The lowest BCUT2D eigenvalue weighted by Gasteiger charge is -2.30. The summed E-state index contributed by atoms with van der Waals surface area (Å²) in [5.41, 5.74) is 0. The highest BCUT2D eigenvalue weighted by molar-refractivity contribution is 7.99. The van der Waals surface area contributed by atoms with Crippen molar-refractivity contribution in [2.45, 2.75) is 33.1 Å². The molecule has 1 amide bonds. The molecule has 0 aromatic heterocycles. The minimum absolute atomic E-state index is 0.343. The molecule has 0 aromatic rings. The second-order valence-electron chi connectivity index (χ2n) is 4.14. The number of rotatable bonds is 4. The van der Waals surface area contributed by atoms with Gasteiger partial charge >= 0.3 is 0 Å². The first-order valence-electron chi connectivity index (χ1n) is 5.59. The summed E-state index contributed by atoms with van der Waals surface area (Å²) in [6.45, 7) is 6.35. The van der Waals surface area contributed by atoms with Crippen LogP contribution >= 0.6 is 11.8 Å². The number of nitrogens with zero attached hydrogens (tertiary/aromatic N) is 1. The Morgan fingerprint density at radius 3 is 3.00 bits per heavy atom. The molecule has 3 heteroatoms. The van der Waals surface area contributed by atoms with Crippen molar-refractivity contribution < 1.29 is 4.79 Å². The third kappa shape index (κ3) is 3.91. The molecule has 14 heavy (non-hydrogen) atoms. The molecule has 0 spiro atoms. The van der Waals surface area contributed by atoms with Crippen LogP contribution in [0.2, 0.25) is 0 Å². The first-order chi connectivity index (χ1) is 6.74. The van der Waals surface area contributed by atoms with Crippen LogP contribution in [0.25, 0.3) is 0 Å². The minimum atomic E-state index is 0.343. The third-order valence-electron chi connectivity index (χ3n) is 2.58. The molecule has 0 aromatic carbocycles.